The van der Waals surface area contributed by atoms with E-state index in [4.69, 9.17) is 10.00 Å². The van der Waals surface area contributed by atoms with E-state index < -0.39 is 6.10 Å². The standard InChI is InChI=1S/C14H17NO2/c15-10-11-6-4-5-8-13(11)17-14-9-3-1-2-7-12(14)16/h4-6,8,12,14,16H,1-3,7,9H2. The topological polar surface area (TPSA) is 53.2 Å². The molecule has 1 aliphatic carbocycles. The number of hydrogen-bond acceptors (Lipinski definition) is 3. The molecule has 0 amide bonds. The van der Waals surface area contributed by atoms with E-state index in [1.807, 2.05) is 12.1 Å². The number of nitriles is 1. The monoisotopic (exact) mass is 231 g/mol. The van der Waals surface area contributed by atoms with Crippen molar-refractivity contribution in [2.24, 2.45) is 0 Å². The zero-order chi connectivity index (χ0) is 12.1. The highest BCUT2D eigenvalue weighted by Crippen LogP contribution is 2.25. The zero-order valence-corrected chi connectivity index (χ0v) is 9.80. The predicted octanol–water partition coefficient (Wildman–Crippen LogP) is 2.63. The number of hydrogen-bond donors (Lipinski definition) is 1. The van der Waals surface area contributed by atoms with Crippen LogP contribution in [0.15, 0.2) is 24.3 Å². The molecular weight excluding hydrogens is 214 g/mol. The molecule has 1 fully saturated rings. The highest BCUT2D eigenvalue weighted by Gasteiger charge is 2.23. The fourth-order valence-electron chi connectivity index (χ4n) is 2.22. The lowest BCUT2D eigenvalue weighted by atomic mass is 10.1. The lowest BCUT2D eigenvalue weighted by molar-refractivity contribution is 0.0318. The molecule has 0 radical (unpaired) electrons. The molecule has 2 rings (SSSR count). The average Bonchev–Trinajstić information content (AvgIpc) is 2.56. The van der Waals surface area contributed by atoms with Crippen LogP contribution in [0, 0.1) is 11.3 Å². The van der Waals surface area contributed by atoms with Gasteiger partial charge in [-0.15, -0.1) is 0 Å². The fraction of sp³-hybridized carbons (Fsp3) is 0.500. The van der Waals surface area contributed by atoms with Crippen LogP contribution in [0.3, 0.4) is 0 Å². The fourth-order valence-corrected chi connectivity index (χ4v) is 2.22. The number of rotatable bonds is 2. The van der Waals surface area contributed by atoms with Crippen molar-refractivity contribution < 1.29 is 9.84 Å². The summed E-state index contributed by atoms with van der Waals surface area (Å²) in [5.41, 5.74) is 0.531. The first-order valence-corrected chi connectivity index (χ1v) is 6.15. The van der Waals surface area contributed by atoms with E-state index in [2.05, 4.69) is 6.07 Å². The Balaban J connectivity index is 2.11. The summed E-state index contributed by atoms with van der Waals surface area (Å²) in [6.07, 6.45) is 4.35. The van der Waals surface area contributed by atoms with E-state index >= 15 is 0 Å². The molecule has 3 heteroatoms. The summed E-state index contributed by atoms with van der Waals surface area (Å²) >= 11 is 0. The first kappa shape index (κ1) is 11.9. The van der Waals surface area contributed by atoms with Crippen molar-refractivity contribution in [1.82, 2.24) is 0 Å². The van der Waals surface area contributed by atoms with Crippen LogP contribution in [0.4, 0.5) is 0 Å². The molecule has 17 heavy (non-hydrogen) atoms. The Labute approximate surface area is 102 Å². The van der Waals surface area contributed by atoms with Gasteiger partial charge in [0.2, 0.25) is 0 Å². The SMILES string of the molecule is N#Cc1ccccc1OC1CCCCCC1O. The maximum atomic E-state index is 9.97. The van der Waals surface area contributed by atoms with Gasteiger partial charge in [0.15, 0.2) is 0 Å². The van der Waals surface area contributed by atoms with Gasteiger partial charge in [-0.05, 0) is 31.4 Å². The van der Waals surface area contributed by atoms with Gasteiger partial charge < -0.3 is 9.84 Å². The largest absolute Gasteiger partial charge is 0.486 e. The van der Waals surface area contributed by atoms with Crippen LogP contribution in [0.2, 0.25) is 0 Å². The second kappa shape index (κ2) is 5.70. The summed E-state index contributed by atoms with van der Waals surface area (Å²) in [6.45, 7) is 0. The number of para-hydroxylation sites is 1. The van der Waals surface area contributed by atoms with Gasteiger partial charge >= 0.3 is 0 Å². The molecule has 0 aliphatic heterocycles. The van der Waals surface area contributed by atoms with Crippen molar-refractivity contribution in [3.8, 4) is 11.8 Å². The molecule has 0 spiro atoms. The summed E-state index contributed by atoms with van der Waals surface area (Å²) in [6, 6.07) is 9.29. The molecule has 90 valence electrons. The summed E-state index contributed by atoms with van der Waals surface area (Å²) in [4.78, 5) is 0. The summed E-state index contributed by atoms with van der Waals surface area (Å²) in [5.74, 6) is 0.584. The van der Waals surface area contributed by atoms with Crippen molar-refractivity contribution in [3.05, 3.63) is 29.8 Å². The van der Waals surface area contributed by atoms with Gasteiger partial charge in [-0.3, -0.25) is 0 Å². The van der Waals surface area contributed by atoms with Crippen LogP contribution in [0.1, 0.15) is 37.7 Å². The van der Waals surface area contributed by atoms with E-state index in [0.717, 1.165) is 32.1 Å². The summed E-state index contributed by atoms with van der Waals surface area (Å²) in [7, 11) is 0. The molecule has 1 aliphatic rings. The molecule has 2 atom stereocenters. The Bertz CT molecular complexity index is 411. The molecule has 3 nitrogen and oxygen atoms in total. The van der Waals surface area contributed by atoms with Crippen molar-refractivity contribution in [2.45, 2.75) is 44.3 Å². The molecule has 1 aromatic carbocycles. The van der Waals surface area contributed by atoms with Crippen LogP contribution < -0.4 is 4.74 Å². The van der Waals surface area contributed by atoms with Crippen LogP contribution in [0.5, 0.6) is 5.75 Å². The summed E-state index contributed by atoms with van der Waals surface area (Å²) < 4.78 is 5.80. The van der Waals surface area contributed by atoms with E-state index in [1.54, 1.807) is 12.1 Å². The quantitative estimate of drug-likeness (QED) is 0.796. The van der Waals surface area contributed by atoms with Gasteiger partial charge in [-0.2, -0.15) is 5.26 Å². The van der Waals surface area contributed by atoms with Crippen molar-refractivity contribution >= 4 is 0 Å². The normalized spacial score (nSPS) is 24.7. The Morgan fingerprint density at radius 3 is 2.76 bits per heavy atom. The average molecular weight is 231 g/mol. The second-order valence-corrected chi connectivity index (χ2v) is 4.47. The van der Waals surface area contributed by atoms with Gasteiger partial charge in [0.1, 0.15) is 17.9 Å². The van der Waals surface area contributed by atoms with Crippen LogP contribution in [0.25, 0.3) is 0 Å². The van der Waals surface area contributed by atoms with Crippen LogP contribution >= 0.6 is 0 Å². The van der Waals surface area contributed by atoms with Crippen molar-refractivity contribution in [1.29, 1.82) is 5.26 Å². The molecule has 0 heterocycles. The lowest BCUT2D eigenvalue weighted by Crippen LogP contribution is -2.30. The smallest absolute Gasteiger partial charge is 0.137 e. The first-order chi connectivity index (χ1) is 8.31. The van der Waals surface area contributed by atoms with E-state index in [9.17, 15) is 5.11 Å². The summed E-state index contributed by atoms with van der Waals surface area (Å²) in [5, 5.41) is 18.9. The number of ether oxygens (including phenoxy) is 1. The minimum absolute atomic E-state index is 0.174. The highest BCUT2D eigenvalue weighted by atomic mass is 16.5. The van der Waals surface area contributed by atoms with Gasteiger partial charge in [0, 0.05) is 0 Å². The molecule has 1 aromatic rings. The molecule has 0 saturated heterocycles. The predicted molar refractivity (Wildman–Crippen MR) is 64.7 cm³/mol. The third-order valence-corrected chi connectivity index (χ3v) is 3.20. The second-order valence-electron chi connectivity index (χ2n) is 4.47. The number of aliphatic hydroxyl groups is 1. The number of benzene rings is 1. The van der Waals surface area contributed by atoms with Gasteiger partial charge in [0.25, 0.3) is 0 Å². The minimum atomic E-state index is -0.413. The van der Waals surface area contributed by atoms with E-state index in [1.165, 1.54) is 0 Å². The van der Waals surface area contributed by atoms with Gasteiger partial charge in [-0.1, -0.05) is 25.0 Å². The number of aliphatic hydroxyl groups excluding tert-OH is 1. The highest BCUT2D eigenvalue weighted by molar-refractivity contribution is 5.42. The van der Waals surface area contributed by atoms with Gasteiger partial charge in [0.05, 0.1) is 11.7 Å². The minimum Gasteiger partial charge on any atom is -0.486 e. The molecule has 1 N–H and O–H groups in total. The zero-order valence-electron chi connectivity index (χ0n) is 9.80. The van der Waals surface area contributed by atoms with E-state index in [0.29, 0.717) is 11.3 Å². The third-order valence-electron chi connectivity index (χ3n) is 3.20. The maximum Gasteiger partial charge on any atom is 0.137 e. The van der Waals surface area contributed by atoms with Crippen molar-refractivity contribution in [3.63, 3.8) is 0 Å². The molecule has 0 bridgehead atoms. The lowest BCUT2D eigenvalue weighted by Gasteiger charge is -2.22. The van der Waals surface area contributed by atoms with Gasteiger partial charge in [-0.25, -0.2) is 0 Å². The third kappa shape index (κ3) is 2.98. The molecular formula is C14H17NO2. The maximum absolute atomic E-state index is 9.97. The van der Waals surface area contributed by atoms with E-state index in [-0.39, 0.29) is 6.10 Å². The molecule has 0 aromatic heterocycles. The Morgan fingerprint density at radius 1 is 1.18 bits per heavy atom. The Morgan fingerprint density at radius 2 is 1.94 bits per heavy atom. The van der Waals surface area contributed by atoms with Crippen molar-refractivity contribution in [2.75, 3.05) is 0 Å². The Kier molecular flexibility index (Phi) is 4.00. The number of nitrogens with zero attached hydrogens (tertiary/aromatic N) is 1. The first-order valence-electron chi connectivity index (χ1n) is 6.15. The van der Waals surface area contributed by atoms with Crippen LogP contribution in [-0.4, -0.2) is 17.3 Å². The molecule has 1 saturated carbocycles. The molecule has 2 unspecified atom stereocenters. The van der Waals surface area contributed by atoms with Crippen LogP contribution in [-0.2, 0) is 0 Å². The Hall–Kier alpha value is -1.53.